The van der Waals surface area contributed by atoms with Gasteiger partial charge >= 0.3 is 0 Å². The van der Waals surface area contributed by atoms with E-state index in [2.05, 4.69) is 39.5 Å². The maximum absolute atomic E-state index is 14.1. The van der Waals surface area contributed by atoms with Gasteiger partial charge in [0.15, 0.2) is 12.3 Å². The number of hydrogen-bond donors (Lipinski definition) is 0. The molecule has 0 spiro atoms. The fourth-order valence-electron chi connectivity index (χ4n) is 6.02. The van der Waals surface area contributed by atoms with Crippen LogP contribution in [-0.4, -0.2) is 107 Å². The molecule has 3 aliphatic rings. The third-order valence-electron chi connectivity index (χ3n) is 7.86. The van der Waals surface area contributed by atoms with Crippen LogP contribution in [0.15, 0.2) is 0 Å². The summed E-state index contributed by atoms with van der Waals surface area (Å²) in [4.78, 5) is 53.8. The molecule has 0 radical (unpaired) electrons. The number of fused-ring (bicyclic) bond motifs is 1. The van der Waals surface area contributed by atoms with Gasteiger partial charge < -0.3 is 19.2 Å². The van der Waals surface area contributed by atoms with Gasteiger partial charge in [0.05, 0.1) is 13.2 Å². The summed E-state index contributed by atoms with van der Waals surface area (Å²) in [7, 11) is -3.20. The number of amides is 3. The Hall–Kier alpha value is -1.48. The Kier molecular flexibility index (Phi) is 10.3. The van der Waals surface area contributed by atoms with E-state index in [1.54, 1.807) is 11.8 Å². The molecular formula is C28H51N4O6P. The predicted molar refractivity (Wildman–Crippen MR) is 151 cm³/mol. The lowest BCUT2D eigenvalue weighted by atomic mass is 9.84. The van der Waals surface area contributed by atoms with Crippen LogP contribution in [0.25, 0.3) is 0 Å². The quantitative estimate of drug-likeness (QED) is 0.389. The zero-order valence-electron chi connectivity index (χ0n) is 25.5. The van der Waals surface area contributed by atoms with Gasteiger partial charge in [0.1, 0.15) is 12.2 Å². The first-order chi connectivity index (χ1) is 18.0. The zero-order chi connectivity index (χ0) is 29.3. The molecule has 224 valence electrons. The fourth-order valence-corrected chi connectivity index (χ4v) is 7.29. The van der Waals surface area contributed by atoms with Gasteiger partial charge in [-0.3, -0.25) is 23.8 Å². The number of hydroxylamine groups is 2. The van der Waals surface area contributed by atoms with Crippen LogP contribution in [0.2, 0.25) is 0 Å². The van der Waals surface area contributed by atoms with E-state index in [-0.39, 0.29) is 48.5 Å². The van der Waals surface area contributed by atoms with Crippen LogP contribution in [-0.2, 0) is 28.3 Å². The smallest absolute Gasteiger partial charge is 0.257 e. The second-order valence-corrected chi connectivity index (χ2v) is 16.0. The van der Waals surface area contributed by atoms with E-state index in [1.165, 1.54) is 11.7 Å². The van der Waals surface area contributed by atoms with Crippen molar-refractivity contribution in [1.82, 2.24) is 19.8 Å². The molecular weight excluding hydrogens is 519 g/mol. The van der Waals surface area contributed by atoms with Crippen molar-refractivity contribution in [2.24, 2.45) is 11.3 Å². The first kappa shape index (κ1) is 32.0. The summed E-state index contributed by atoms with van der Waals surface area (Å²) in [5, 5.41) is 1.25. The number of carbonyl (C=O) groups is 3. The molecule has 3 saturated heterocycles. The van der Waals surface area contributed by atoms with Crippen molar-refractivity contribution < 1.29 is 28.3 Å². The first-order valence-electron chi connectivity index (χ1n) is 14.6. The molecule has 0 saturated carbocycles. The zero-order valence-corrected chi connectivity index (χ0v) is 26.4. The highest BCUT2D eigenvalue weighted by atomic mass is 31.2. The van der Waals surface area contributed by atoms with E-state index >= 15 is 0 Å². The van der Waals surface area contributed by atoms with Gasteiger partial charge in [0, 0.05) is 31.8 Å². The molecule has 0 N–H and O–H groups in total. The Bertz CT molecular complexity index is 943. The lowest BCUT2D eigenvalue weighted by Gasteiger charge is -2.55. The molecule has 4 atom stereocenters. The van der Waals surface area contributed by atoms with Crippen molar-refractivity contribution in [3.8, 4) is 0 Å². The van der Waals surface area contributed by atoms with E-state index < -0.39 is 31.6 Å². The standard InChI is InChI=1S/C28H51N4O6P/c1-10-37-39(9,36)18-25(33)32-24-17-30(21-11-13-29(14-12-21)20(4)5)26(34)22(16-28(6,7)8)31(24)27(35)23(38-32)15-19(2)3/h19-24H,10-18H2,1-9H3/t22-,23+,24-,39?/m0/s1. The molecule has 0 aromatic heterocycles. The summed E-state index contributed by atoms with van der Waals surface area (Å²) in [6.45, 7) is 19.9. The highest BCUT2D eigenvalue weighted by Crippen LogP contribution is 2.43. The number of likely N-dealkylation sites (tertiary alicyclic amines) is 1. The van der Waals surface area contributed by atoms with Gasteiger partial charge in [-0.2, -0.15) is 5.06 Å². The van der Waals surface area contributed by atoms with E-state index in [0.29, 0.717) is 18.9 Å². The maximum atomic E-state index is 14.1. The third-order valence-corrected chi connectivity index (χ3v) is 9.51. The Morgan fingerprint density at radius 3 is 2.23 bits per heavy atom. The minimum atomic E-state index is -3.20. The Morgan fingerprint density at radius 2 is 1.72 bits per heavy atom. The molecule has 3 aliphatic heterocycles. The SMILES string of the molecule is CCOP(C)(=O)CC(=O)N1O[C@H](CC(C)C)C(=O)N2[C@@H]1CN(C1CCN(C(C)C)CC1)C(=O)[C@@H]2CC(C)(C)C. The summed E-state index contributed by atoms with van der Waals surface area (Å²) < 4.78 is 18.4. The number of piperidine rings is 1. The van der Waals surface area contributed by atoms with E-state index in [9.17, 15) is 18.9 Å². The second kappa shape index (κ2) is 12.6. The molecule has 3 rings (SSSR count). The summed E-state index contributed by atoms with van der Waals surface area (Å²) in [6, 6.07) is -0.232. The molecule has 0 bridgehead atoms. The molecule has 0 aliphatic carbocycles. The van der Waals surface area contributed by atoms with E-state index in [1.807, 2.05) is 18.7 Å². The van der Waals surface area contributed by atoms with Crippen molar-refractivity contribution in [3.63, 3.8) is 0 Å². The van der Waals surface area contributed by atoms with Crippen molar-refractivity contribution in [3.05, 3.63) is 0 Å². The lowest BCUT2D eigenvalue weighted by Crippen LogP contribution is -2.75. The van der Waals surface area contributed by atoms with Crippen LogP contribution in [0.4, 0.5) is 0 Å². The van der Waals surface area contributed by atoms with Gasteiger partial charge in [0.25, 0.3) is 11.8 Å². The van der Waals surface area contributed by atoms with E-state index in [0.717, 1.165) is 25.9 Å². The lowest BCUT2D eigenvalue weighted by molar-refractivity contribution is -0.277. The van der Waals surface area contributed by atoms with Crippen molar-refractivity contribution >= 4 is 25.1 Å². The molecule has 11 heteroatoms. The largest absolute Gasteiger partial charge is 0.334 e. The van der Waals surface area contributed by atoms with Gasteiger partial charge in [-0.05, 0) is 57.8 Å². The molecule has 1 unspecified atom stereocenters. The second-order valence-electron chi connectivity index (χ2n) is 13.4. The van der Waals surface area contributed by atoms with Crippen molar-refractivity contribution in [2.75, 3.05) is 39.1 Å². The van der Waals surface area contributed by atoms with Crippen LogP contribution in [0, 0.1) is 11.3 Å². The summed E-state index contributed by atoms with van der Waals surface area (Å²) in [5.41, 5.74) is -0.232. The molecule has 10 nitrogen and oxygen atoms in total. The van der Waals surface area contributed by atoms with Crippen LogP contribution >= 0.6 is 7.37 Å². The number of carbonyl (C=O) groups excluding carboxylic acids is 3. The molecule has 39 heavy (non-hydrogen) atoms. The molecule has 0 aromatic rings. The van der Waals surface area contributed by atoms with Gasteiger partial charge in [0.2, 0.25) is 13.3 Å². The summed E-state index contributed by atoms with van der Waals surface area (Å²) >= 11 is 0. The summed E-state index contributed by atoms with van der Waals surface area (Å²) in [6.07, 6.45) is 0.579. The number of rotatable bonds is 9. The Morgan fingerprint density at radius 1 is 1.10 bits per heavy atom. The normalized spacial score (nSPS) is 27.4. The average Bonchev–Trinajstić information content (AvgIpc) is 2.80. The van der Waals surface area contributed by atoms with E-state index in [4.69, 9.17) is 9.36 Å². The number of nitrogens with zero attached hydrogens (tertiary/aromatic N) is 4. The molecule has 3 fully saturated rings. The van der Waals surface area contributed by atoms with Crippen LogP contribution in [0.3, 0.4) is 0 Å². The molecule has 3 heterocycles. The Labute approximate surface area is 235 Å². The van der Waals surface area contributed by atoms with Crippen molar-refractivity contribution in [1.29, 1.82) is 0 Å². The number of hydrogen-bond acceptors (Lipinski definition) is 7. The van der Waals surface area contributed by atoms with Crippen LogP contribution in [0.1, 0.15) is 81.1 Å². The van der Waals surface area contributed by atoms with Crippen LogP contribution < -0.4 is 0 Å². The first-order valence-corrected chi connectivity index (χ1v) is 16.9. The topological polar surface area (TPSA) is 99.7 Å². The van der Waals surface area contributed by atoms with Gasteiger partial charge in [-0.25, -0.2) is 0 Å². The maximum Gasteiger partial charge on any atom is 0.257 e. The Balaban J connectivity index is 2.00. The third kappa shape index (κ3) is 7.84. The molecule has 3 amide bonds. The van der Waals surface area contributed by atoms with Crippen LogP contribution in [0.5, 0.6) is 0 Å². The minimum Gasteiger partial charge on any atom is -0.334 e. The van der Waals surface area contributed by atoms with Crippen molar-refractivity contribution in [2.45, 2.75) is 111 Å². The fraction of sp³-hybridized carbons (Fsp3) is 0.893. The summed E-state index contributed by atoms with van der Waals surface area (Å²) in [5.74, 6) is -0.647. The van der Waals surface area contributed by atoms with Gasteiger partial charge in [-0.1, -0.05) is 34.6 Å². The molecule has 0 aromatic carbocycles. The highest BCUT2D eigenvalue weighted by Gasteiger charge is 2.54. The monoisotopic (exact) mass is 570 g/mol. The average molecular weight is 571 g/mol. The minimum absolute atomic E-state index is 0.0262. The number of piperazine rings is 1. The predicted octanol–water partition coefficient (Wildman–Crippen LogP) is 3.79. The van der Waals surface area contributed by atoms with Gasteiger partial charge in [-0.15, -0.1) is 0 Å². The highest BCUT2D eigenvalue weighted by molar-refractivity contribution is 7.59.